The van der Waals surface area contributed by atoms with Crippen LogP contribution in [-0.4, -0.2) is 17.7 Å². The quantitative estimate of drug-likeness (QED) is 0.776. The van der Waals surface area contributed by atoms with Crippen LogP contribution < -0.4 is 0 Å². The van der Waals surface area contributed by atoms with E-state index in [2.05, 4.69) is 4.74 Å². The summed E-state index contributed by atoms with van der Waals surface area (Å²) in [5.41, 5.74) is -0.528. The standard InChI is InChI=1S/C9H8ClFO3/c1-2-14-9(13)7-6(12)4-3-5(10)8(7)11/h3-4,12H,2H2,1H3. The fourth-order valence-corrected chi connectivity index (χ4v) is 1.10. The van der Waals surface area contributed by atoms with E-state index < -0.39 is 23.1 Å². The molecule has 0 amide bonds. The van der Waals surface area contributed by atoms with Crippen LogP contribution in [-0.2, 0) is 4.74 Å². The van der Waals surface area contributed by atoms with Gasteiger partial charge in [0.05, 0.1) is 11.6 Å². The van der Waals surface area contributed by atoms with Gasteiger partial charge in [0.2, 0.25) is 0 Å². The lowest BCUT2D eigenvalue weighted by Crippen LogP contribution is -2.07. The van der Waals surface area contributed by atoms with Crippen molar-refractivity contribution in [1.29, 1.82) is 0 Å². The minimum absolute atomic E-state index is 0.101. The molecule has 0 aliphatic heterocycles. The lowest BCUT2D eigenvalue weighted by Gasteiger charge is -2.05. The maximum atomic E-state index is 13.2. The Morgan fingerprint density at radius 2 is 2.29 bits per heavy atom. The van der Waals surface area contributed by atoms with Crippen LogP contribution in [0.3, 0.4) is 0 Å². The summed E-state index contributed by atoms with van der Waals surface area (Å²) in [6.45, 7) is 1.68. The summed E-state index contributed by atoms with van der Waals surface area (Å²) in [5, 5.41) is 8.98. The molecule has 0 saturated carbocycles. The molecule has 1 aromatic rings. The van der Waals surface area contributed by atoms with Gasteiger partial charge in [-0.3, -0.25) is 0 Å². The third kappa shape index (κ3) is 1.96. The normalized spacial score (nSPS) is 9.93. The summed E-state index contributed by atoms with van der Waals surface area (Å²) >= 11 is 5.44. The molecule has 0 heterocycles. The molecule has 14 heavy (non-hydrogen) atoms. The van der Waals surface area contributed by atoms with E-state index in [-0.39, 0.29) is 11.6 Å². The summed E-state index contributed by atoms with van der Waals surface area (Å²) in [5.74, 6) is -2.37. The summed E-state index contributed by atoms with van der Waals surface area (Å²) in [6.07, 6.45) is 0. The van der Waals surface area contributed by atoms with E-state index in [4.69, 9.17) is 11.6 Å². The second-order valence-electron chi connectivity index (χ2n) is 2.48. The first kappa shape index (κ1) is 10.8. The van der Waals surface area contributed by atoms with E-state index >= 15 is 0 Å². The van der Waals surface area contributed by atoms with E-state index in [9.17, 15) is 14.3 Å². The molecule has 0 aliphatic carbocycles. The highest BCUT2D eigenvalue weighted by Crippen LogP contribution is 2.26. The van der Waals surface area contributed by atoms with Crippen molar-refractivity contribution in [3.05, 3.63) is 28.5 Å². The second-order valence-corrected chi connectivity index (χ2v) is 2.88. The van der Waals surface area contributed by atoms with E-state index in [1.165, 1.54) is 0 Å². The van der Waals surface area contributed by atoms with E-state index in [0.717, 1.165) is 12.1 Å². The van der Waals surface area contributed by atoms with Crippen molar-refractivity contribution in [2.75, 3.05) is 6.61 Å². The van der Waals surface area contributed by atoms with Crippen molar-refractivity contribution < 1.29 is 19.0 Å². The zero-order valence-electron chi connectivity index (χ0n) is 7.38. The molecular weight excluding hydrogens is 211 g/mol. The number of carbonyl (C=O) groups is 1. The van der Waals surface area contributed by atoms with E-state index in [1.807, 2.05) is 0 Å². The minimum Gasteiger partial charge on any atom is -0.507 e. The van der Waals surface area contributed by atoms with Gasteiger partial charge in [-0.05, 0) is 19.1 Å². The van der Waals surface area contributed by atoms with Gasteiger partial charge in [0.1, 0.15) is 11.3 Å². The highest BCUT2D eigenvalue weighted by atomic mass is 35.5. The maximum absolute atomic E-state index is 13.2. The Balaban J connectivity index is 3.18. The molecule has 1 rings (SSSR count). The highest BCUT2D eigenvalue weighted by molar-refractivity contribution is 6.31. The topological polar surface area (TPSA) is 46.5 Å². The Morgan fingerprint density at radius 3 is 2.86 bits per heavy atom. The zero-order chi connectivity index (χ0) is 10.7. The van der Waals surface area contributed by atoms with Gasteiger partial charge in [-0.25, -0.2) is 9.18 Å². The third-order valence-corrected chi connectivity index (χ3v) is 1.84. The van der Waals surface area contributed by atoms with Gasteiger partial charge in [-0.2, -0.15) is 0 Å². The number of phenols is 1. The molecule has 3 nitrogen and oxygen atoms in total. The number of rotatable bonds is 2. The van der Waals surface area contributed by atoms with Crippen molar-refractivity contribution in [3.8, 4) is 5.75 Å². The average molecular weight is 219 g/mol. The first-order valence-corrected chi connectivity index (χ1v) is 4.29. The molecule has 0 fully saturated rings. The number of esters is 1. The molecule has 76 valence electrons. The van der Waals surface area contributed by atoms with Gasteiger partial charge < -0.3 is 9.84 Å². The van der Waals surface area contributed by atoms with Crippen molar-refractivity contribution >= 4 is 17.6 Å². The fourth-order valence-electron chi connectivity index (χ4n) is 0.938. The predicted molar refractivity (Wildman–Crippen MR) is 49.0 cm³/mol. The summed E-state index contributed by atoms with van der Waals surface area (Å²) in [6, 6.07) is 2.30. The molecule has 1 aromatic carbocycles. The summed E-state index contributed by atoms with van der Waals surface area (Å²) in [7, 11) is 0. The zero-order valence-corrected chi connectivity index (χ0v) is 8.14. The van der Waals surface area contributed by atoms with Crippen molar-refractivity contribution in [3.63, 3.8) is 0 Å². The largest absolute Gasteiger partial charge is 0.507 e. The second kappa shape index (κ2) is 4.28. The van der Waals surface area contributed by atoms with Crippen molar-refractivity contribution in [2.45, 2.75) is 6.92 Å². The molecule has 0 unspecified atom stereocenters. The lowest BCUT2D eigenvalue weighted by molar-refractivity contribution is 0.0517. The lowest BCUT2D eigenvalue weighted by atomic mass is 10.2. The average Bonchev–Trinajstić information content (AvgIpc) is 2.13. The van der Waals surface area contributed by atoms with Crippen LogP contribution in [0.15, 0.2) is 12.1 Å². The van der Waals surface area contributed by atoms with Crippen LogP contribution in [0.25, 0.3) is 0 Å². The van der Waals surface area contributed by atoms with Gasteiger partial charge in [0.15, 0.2) is 5.82 Å². The number of benzene rings is 1. The van der Waals surface area contributed by atoms with Crippen molar-refractivity contribution in [1.82, 2.24) is 0 Å². The highest BCUT2D eigenvalue weighted by Gasteiger charge is 2.20. The van der Waals surface area contributed by atoms with Gasteiger partial charge in [0, 0.05) is 0 Å². The smallest absolute Gasteiger partial charge is 0.344 e. The Labute approximate surface area is 85.1 Å². The molecular formula is C9H8ClFO3. The van der Waals surface area contributed by atoms with Crippen LogP contribution in [0, 0.1) is 5.82 Å². The molecule has 5 heteroatoms. The summed E-state index contributed by atoms with van der Waals surface area (Å²) in [4.78, 5) is 11.2. The Hall–Kier alpha value is -1.29. The fraction of sp³-hybridized carbons (Fsp3) is 0.222. The number of aromatic hydroxyl groups is 1. The van der Waals surface area contributed by atoms with Crippen LogP contribution in [0.5, 0.6) is 5.75 Å². The first-order chi connectivity index (χ1) is 6.57. The van der Waals surface area contributed by atoms with Crippen LogP contribution in [0.4, 0.5) is 4.39 Å². The van der Waals surface area contributed by atoms with Gasteiger partial charge in [-0.1, -0.05) is 11.6 Å². The number of halogens is 2. The predicted octanol–water partition coefficient (Wildman–Crippen LogP) is 2.36. The van der Waals surface area contributed by atoms with Crippen LogP contribution >= 0.6 is 11.6 Å². The van der Waals surface area contributed by atoms with Gasteiger partial charge >= 0.3 is 5.97 Å². The molecule has 0 spiro atoms. The molecule has 0 atom stereocenters. The molecule has 0 aliphatic rings. The first-order valence-electron chi connectivity index (χ1n) is 3.92. The molecule has 1 N–H and O–H groups in total. The molecule has 0 saturated heterocycles. The van der Waals surface area contributed by atoms with Crippen LogP contribution in [0.1, 0.15) is 17.3 Å². The third-order valence-electron chi connectivity index (χ3n) is 1.55. The summed E-state index contributed by atoms with van der Waals surface area (Å²) < 4.78 is 17.8. The molecule has 0 radical (unpaired) electrons. The van der Waals surface area contributed by atoms with Crippen molar-refractivity contribution in [2.24, 2.45) is 0 Å². The molecule has 0 aromatic heterocycles. The SMILES string of the molecule is CCOC(=O)c1c(O)ccc(Cl)c1F. The van der Waals surface area contributed by atoms with Crippen LogP contribution in [0.2, 0.25) is 5.02 Å². The number of hydrogen-bond donors (Lipinski definition) is 1. The molecule has 0 bridgehead atoms. The number of phenolic OH excluding ortho intramolecular Hbond substituents is 1. The number of ether oxygens (including phenoxy) is 1. The Kier molecular flexibility index (Phi) is 3.30. The van der Waals surface area contributed by atoms with Gasteiger partial charge in [0.25, 0.3) is 0 Å². The Morgan fingerprint density at radius 1 is 1.64 bits per heavy atom. The number of carbonyl (C=O) groups excluding carboxylic acids is 1. The van der Waals surface area contributed by atoms with E-state index in [1.54, 1.807) is 6.92 Å². The number of hydrogen-bond acceptors (Lipinski definition) is 3. The minimum atomic E-state index is -0.967. The monoisotopic (exact) mass is 218 g/mol. The van der Waals surface area contributed by atoms with E-state index in [0.29, 0.717) is 0 Å². The Bertz CT molecular complexity index is 365. The maximum Gasteiger partial charge on any atom is 0.344 e. The van der Waals surface area contributed by atoms with Gasteiger partial charge in [-0.15, -0.1) is 0 Å².